The lowest BCUT2D eigenvalue weighted by atomic mass is 9.98. The smallest absolute Gasteiger partial charge is 0.274 e. The molecule has 1 saturated heterocycles. The Balaban J connectivity index is 1.76. The van der Waals surface area contributed by atoms with E-state index in [1.165, 1.54) is 6.20 Å². The average Bonchev–Trinajstić information content (AvgIpc) is 2.74. The molecular weight excluding hydrogens is 364 g/mol. The van der Waals surface area contributed by atoms with E-state index >= 15 is 0 Å². The fourth-order valence-corrected chi connectivity index (χ4v) is 3.66. The van der Waals surface area contributed by atoms with E-state index in [9.17, 15) is 9.59 Å². The van der Waals surface area contributed by atoms with Crippen molar-refractivity contribution in [1.29, 1.82) is 0 Å². The van der Waals surface area contributed by atoms with Crippen LogP contribution in [0.4, 0.5) is 5.69 Å². The number of amides is 2. The normalized spacial score (nSPS) is 14.9. The number of benzene rings is 1. The molecule has 0 spiro atoms. The number of hydrogen-bond acceptors (Lipinski definition) is 4. The van der Waals surface area contributed by atoms with E-state index < -0.39 is 0 Å². The molecule has 1 aromatic heterocycles. The molecule has 1 fully saturated rings. The average molecular weight is 395 g/mol. The van der Waals surface area contributed by atoms with Crippen molar-refractivity contribution >= 4 is 17.5 Å². The number of aryl methyl sites for hydroxylation is 1. The molecule has 0 atom stereocenters. The van der Waals surface area contributed by atoms with Gasteiger partial charge >= 0.3 is 0 Å². The van der Waals surface area contributed by atoms with Crippen molar-refractivity contribution in [1.82, 2.24) is 14.8 Å². The molecule has 0 bridgehead atoms. The van der Waals surface area contributed by atoms with Gasteiger partial charge < -0.3 is 15.1 Å². The molecule has 2 aromatic rings. The zero-order valence-electron chi connectivity index (χ0n) is 17.7. The molecule has 0 radical (unpaired) electrons. The summed E-state index contributed by atoms with van der Waals surface area (Å²) in [6, 6.07) is 9.27. The first-order valence-corrected chi connectivity index (χ1v) is 10.3. The number of rotatable bonds is 5. The van der Waals surface area contributed by atoms with Gasteiger partial charge in [0.15, 0.2) is 0 Å². The summed E-state index contributed by atoms with van der Waals surface area (Å²) in [5.41, 5.74) is 3.66. The van der Waals surface area contributed by atoms with E-state index in [0.29, 0.717) is 18.7 Å². The molecule has 6 heteroatoms. The predicted octanol–water partition coefficient (Wildman–Crippen LogP) is 3.54. The van der Waals surface area contributed by atoms with Crippen LogP contribution in [-0.4, -0.2) is 59.3 Å². The largest absolute Gasteiger partial charge is 0.336 e. The van der Waals surface area contributed by atoms with Gasteiger partial charge in [-0.15, -0.1) is 0 Å². The number of nitrogens with zero attached hydrogens (tertiary/aromatic N) is 3. The third-order valence-electron chi connectivity index (χ3n) is 5.51. The Morgan fingerprint density at radius 1 is 1.14 bits per heavy atom. The highest BCUT2D eigenvalue weighted by molar-refractivity contribution is 6.05. The molecule has 3 rings (SSSR count). The first-order chi connectivity index (χ1) is 13.9. The summed E-state index contributed by atoms with van der Waals surface area (Å²) in [6.45, 7) is 12.5. The van der Waals surface area contributed by atoms with Gasteiger partial charge in [-0.1, -0.05) is 39.0 Å². The van der Waals surface area contributed by atoms with Gasteiger partial charge in [0.1, 0.15) is 5.69 Å². The summed E-state index contributed by atoms with van der Waals surface area (Å²) < 4.78 is 0. The van der Waals surface area contributed by atoms with Crippen molar-refractivity contribution in [2.75, 3.05) is 38.0 Å². The first-order valence-electron chi connectivity index (χ1n) is 10.3. The van der Waals surface area contributed by atoms with Crippen LogP contribution in [0.3, 0.4) is 0 Å². The highest BCUT2D eigenvalue weighted by Gasteiger charge is 2.22. The molecule has 154 valence electrons. The Labute approximate surface area is 172 Å². The Kier molecular flexibility index (Phi) is 6.64. The highest BCUT2D eigenvalue weighted by atomic mass is 16.2. The van der Waals surface area contributed by atoms with E-state index in [0.717, 1.165) is 36.4 Å². The van der Waals surface area contributed by atoms with Crippen molar-refractivity contribution < 1.29 is 9.59 Å². The van der Waals surface area contributed by atoms with Crippen LogP contribution in [0.15, 0.2) is 36.5 Å². The number of carbonyl (C=O) groups is 2. The predicted molar refractivity (Wildman–Crippen MR) is 115 cm³/mol. The zero-order valence-corrected chi connectivity index (χ0v) is 17.7. The van der Waals surface area contributed by atoms with Crippen molar-refractivity contribution in [3.63, 3.8) is 0 Å². The van der Waals surface area contributed by atoms with Gasteiger partial charge in [-0.2, -0.15) is 0 Å². The molecule has 0 unspecified atom stereocenters. The van der Waals surface area contributed by atoms with Gasteiger partial charge in [0, 0.05) is 43.6 Å². The van der Waals surface area contributed by atoms with Gasteiger partial charge in [-0.05, 0) is 42.6 Å². The number of piperazine rings is 1. The number of pyridine rings is 1. The maximum atomic E-state index is 12.9. The number of aromatic nitrogens is 1. The Morgan fingerprint density at radius 2 is 1.86 bits per heavy atom. The van der Waals surface area contributed by atoms with Crippen molar-refractivity contribution in [3.8, 4) is 0 Å². The second-order valence-electron chi connectivity index (χ2n) is 7.80. The van der Waals surface area contributed by atoms with E-state index in [1.807, 2.05) is 30.0 Å². The SMILES string of the molecule is CCN1CCN(C(=O)c2ccnc(C(=O)Nc3c(C)cccc3C(C)C)c2)CC1. The van der Waals surface area contributed by atoms with Gasteiger partial charge in [0.25, 0.3) is 11.8 Å². The minimum absolute atomic E-state index is 0.0454. The van der Waals surface area contributed by atoms with Crippen LogP contribution in [0.5, 0.6) is 0 Å². The fourth-order valence-electron chi connectivity index (χ4n) is 3.66. The third kappa shape index (κ3) is 4.82. The van der Waals surface area contributed by atoms with Crippen LogP contribution in [0, 0.1) is 6.92 Å². The zero-order chi connectivity index (χ0) is 21.0. The molecule has 1 aliphatic rings. The lowest BCUT2D eigenvalue weighted by molar-refractivity contribution is 0.0643. The standard InChI is InChI=1S/C23H30N4O2/c1-5-26-11-13-27(14-12-26)23(29)18-9-10-24-20(15-18)22(28)25-21-17(4)7-6-8-19(21)16(2)3/h6-10,15-16H,5,11-14H2,1-4H3,(H,25,28). The second-order valence-corrected chi connectivity index (χ2v) is 7.80. The molecular formula is C23H30N4O2. The number of likely N-dealkylation sites (N-methyl/N-ethyl adjacent to an activating group) is 1. The summed E-state index contributed by atoms with van der Waals surface area (Å²) in [6.07, 6.45) is 1.53. The van der Waals surface area contributed by atoms with Gasteiger partial charge in [-0.3, -0.25) is 14.6 Å². The second kappa shape index (κ2) is 9.18. The Bertz CT molecular complexity index is 886. The maximum absolute atomic E-state index is 12.9. The third-order valence-corrected chi connectivity index (χ3v) is 5.51. The van der Waals surface area contributed by atoms with E-state index in [1.54, 1.807) is 12.1 Å². The van der Waals surface area contributed by atoms with Crippen molar-refractivity contribution in [2.45, 2.75) is 33.6 Å². The molecule has 6 nitrogen and oxygen atoms in total. The Morgan fingerprint density at radius 3 is 2.52 bits per heavy atom. The Hall–Kier alpha value is -2.73. The van der Waals surface area contributed by atoms with Crippen LogP contribution in [-0.2, 0) is 0 Å². The van der Waals surface area contributed by atoms with Crippen molar-refractivity contribution in [3.05, 3.63) is 58.9 Å². The molecule has 2 amide bonds. The van der Waals surface area contributed by atoms with Gasteiger partial charge in [0.2, 0.25) is 0 Å². The molecule has 1 N–H and O–H groups in total. The molecule has 2 heterocycles. The highest BCUT2D eigenvalue weighted by Crippen LogP contribution is 2.27. The van der Waals surface area contributed by atoms with Crippen LogP contribution in [0.2, 0.25) is 0 Å². The monoisotopic (exact) mass is 394 g/mol. The molecule has 1 aliphatic heterocycles. The summed E-state index contributed by atoms with van der Waals surface area (Å²) in [5.74, 6) is -0.0597. The molecule has 0 aliphatic carbocycles. The number of hydrogen-bond donors (Lipinski definition) is 1. The summed E-state index contributed by atoms with van der Waals surface area (Å²) in [5, 5.41) is 3.00. The number of carbonyl (C=O) groups excluding carboxylic acids is 2. The number of nitrogens with one attached hydrogen (secondary N) is 1. The molecule has 1 aromatic carbocycles. The summed E-state index contributed by atoms with van der Waals surface area (Å²) >= 11 is 0. The lowest BCUT2D eigenvalue weighted by Gasteiger charge is -2.34. The van der Waals surface area contributed by atoms with Gasteiger partial charge in [0.05, 0.1) is 0 Å². The van der Waals surface area contributed by atoms with Gasteiger partial charge in [-0.25, -0.2) is 0 Å². The van der Waals surface area contributed by atoms with Crippen LogP contribution in [0.25, 0.3) is 0 Å². The van der Waals surface area contributed by atoms with E-state index in [-0.39, 0.29) is 23.4 Å². The fraction of sp³-hybridized carbons (Fsp3) is 0.435. The summed E-state index contributed by atoms with van der Waals surface area (Å²) in [4.78, 5) is 34.1. The van der Waals surface area contributed by atoms with Crippen LogP contribution in [0.1, 0.15) is 58.7 Å². The number of para-hydroxylation sites is 1. The van der Waals surface area contributed by atoms with E-state index in [2.05, 4.69) is 36.0 Å². The maximum Gasteiger partial charge on any atom is 0.274 e. The minimum atomic E-state index is -0.299. The molecule has 29 heavy (non-hydrogen) atoms. The molecule has 0 saturated carbocycles. The van der Waals surface area contributed by atoms with Crippen molar-refractivity contribution in [2.24, 2.45) is 0 Å². The first kappa shape index (κ1) is 21.0. The minimum Gasteiger partial charge on any atom is -0.336 e. The summed E-state index contributed by atoms with van der Waals surface area (Å²) in [7, 11) is 0. The van der Waals surface area contributed by atoms with Crippen LogP contribution < -0.4 is 5.32 Å². The van der Waals surface area contributed by atoms with Crippen LogP contribution >= 0.6 is 0 Å². The number of anilines is 1. The van der Waals surface area contributed by atoms with E-state index in [4.69, 9.17) is 0 Å². The quantitative estimate of drug-likeness (QED) is 0.842. The lowest BCUT2D eigenvalue weighted by Crippen LogP contribution is -2.48. The topological polar surface area (TPSA) is 65.5 Å².